The summed E-state index contributed by atoms with van der Waals surface area (Å²) in [5.74, 6) is -1.08. The number of aliphatic carboxylic acids is 1. The average Bonchev–Trinajstić information content (AvgIpc) is 3.19. The number of anilines is 1. The lowest BCUT2D eigenvalue weighted by Crippen LogP contribution is -2.48. The lowest BCUT2D eigenvalue weighted by Gasteiger charge is -2.28. The number of carboxylic acid groups (broad SMARTS) is 1. The van der Waals surface area contributed by atoms with Crippen LogP contribution in [0.4, 0.5) is 5.69 Å². The quantitative estimate of drug-likeness (QED) is 0.860. The molecule has 1 aliphatic rings. The predicted octanol–water partition coefficient (Wildman–Crippen LogP) is 1.16. The normalized spacial score (nSPS) is 20.1. The molecular weight excluding hydrogens is 308 g/mol. The first-order chi connectivity index (χ1) is 11.6. The van der Waals surface area contributed by atoms with Crippen molar-refractivity contribution in [2.75, 3.05) is 4.90 Å². The maximum absolute atomic E-state index is 12.6. The Morgan fingerprint density at radius 3 is 2.58 bits per heavy atom. The Kier molecular flexibility index (Phi) is 4.50. The van der Waals surface area contributed by atoms with E-state index in [-0.39, 0.29) is 5.91 Å². The fourth-order valence-corrected chi connectivity index (χ4v) is 3.12. The van der Waals surface area contributed by atoms with Gasteiger partial charge in [-0.15, -0.1) is 0 Å². The molecule has 2 N–H and O–H groups in total. The molecule has 1 fully saturated rings. The van der Waals surface area contributed by atoms with Gasteiger partial charge in [0.2, 0.25) is 5.91 Å². The summed E-state index contributed by atoms with van der Waals surface area (Å²) in [6.45, 7) is 0.425. The van der Waals surface area contributed by atoms with Crippen molar-refractivity contribution in [3.63, 3.8) is 0 Å². The van der Waals surface area contributed by atoms with Crippen molar-refractivity contribution in [1.82, 2.24) is 15.1 Å². The molecule has 0 bridgehead atoms. The zero-order chi connectivity index (χ0) is 17.1. The summed E-state index contributed by atoms with van der Waals surface area (Å²) in [7, 11) is 1.76. The van der Waals surface area contributed by atoms with E-state index < -0.39 is 18.1 Å². The van der Waals surface area contributed by atoms with Gasteiger partial charge < -0.3 is 15.3 Å². The van der Waals surface area contributed by atoms with Crippen molar-refractivity contribution in [2.24, 2.45) is 7.05 Å². The topological polar surface area (TPSA) is 87.5 Å². The van der Waals surface area contributed by atoms with Gasteiger partial charge in [-0.3, -0.25) is 9.48 Å². The Morgan fingerprint density at radius 2 is 1.96 bits per heavy atom. The molecule has 1 amide bonds. The van der Waals surface area contributed by atoms with Gasteiger partial charge in [0.1, 0.15) is 12.1 Å². The Hall–Kier alpha value is -2.83. The molecule has 1 aromatic heterocycles. The number of nitrogens with zero attached hydrogens (tertiary/aromatic N) is 3. The number of aryl methyl sites for hydroxylation is 1. The van der Waals surface area contributed by atoms with E-state index in [0.29, 0.717) is 25.1 Å². The van der Waals surface area contributed by atoms with E-state index in [1.165, 1.54) is 0 Å². The molecule has 24 heavy (non-hydrogen) atoms. The van der Waals surface area contributed by atoms with Gasteiger partial charge in [-0.2, -0.15) is 5.10 Å². The van der Waals surface area contributed by atoms with Crippen LogP contribution < -0.4 is 10.2 Å². The van der Waals surface area contributed by atoms with Crippen molar-refractivity contribution in [3.8, 4) is 0 Å². The highest BCUT2D eigenvalue weighted by Gasteiger charge is 2.42. The number of aromatic nitrogens is 2. The average molecular weight is 328 g/mol. The van der Waals surface area contributed by atoms with Gasteiger partial charge in [0.25, 0.3) is 0 Å². The van der Waals surface area contributed by atoms with Crippen molar-refractivity contribution >= 4 is 17.6 Å². The first kappa shape index (κ1) is 16.0. The number of hydrogen-bond acceptors (Lipinski definition) is 4. The molecule has 1 aliphatic heterocycles. The van der Waals surface area contributed by atoms with Crippen molar-refractivity contribution in [2.45, 2.75) is 31.5 Å². The SMILES string of the molecule is Cn1cc(N2C(C(=O)O)CCC2C(=O)NCc2ccccc2)cn1. The van der Waals surface area contributed by atoms with Gasteiger partial charge in [-0.05, 0) is 18.4 Å². The molecule has 2 aromatic rings. The molecule has 126 valence electrons. The van der Waals surface area contributed by atoms with Crippen LogP contribution in [0.5, 0.6) is 0 Å². The standard InChI is InChI=1S/C17H20N4O3/c1-20-11-13(10-19-20)21-14(7-8-15(21)17(23)24)16(22)18-9-12-5-3-2-4-6-12/h2-6,10-11,14-15H,7-9H2,1H3,(H,18,22)(H,23,24). The fourth-order valence-electron chi connectivity index (χ4n) is 3.12. The van der Waals surface area contributed by atoms with Crippen LogP contribution in [0.15, 0.2) is 42.7 Å². The first-order valence-electron chi connectivity index (χ1n) is 7.87. The Bertz CT molecular complexity index is 728. The minimum atomic E-state index is -0.919. The van der Waals surface area contributed by atoms with Crippen LogP contribution in [0.25, 0.3) is 0 Å². The molecule has 0 aliphatic carbocycles. The van der Waals surface area contributed by atoms with E-state index in [4.69, 9.17) is 0 Å². The summed E-state index contributed by atoms with van der Waals surface area (Å²) < 4.78 is 1.60. The molecule has 2 atom stereocenters. The zero-order valence-electron chi connectivity index (χ0n) is 13.4. The van der Waals surface area contributed by atoms with Crippen LogP contribution >= 0.6 is 0 Å². The summed E-state index contributed by atoms with van der Waals surface area (Å²) in [5, 5.41) is 16.5. The van der Waals surface area contributed by atoms with Crippen LogP contribution in [0.1, 0.15) is 18.4 Å². The fraction of sp³-hybridized carbons (Fsp3) is 0.353. The third-order valence-corrected chi connectivity index (χ3v) is 4.27. The highest BCUT2D eigenvalue weighted by molar-refractivity contribution is 5.90. The second-order valence-electron chi connectivity index (χ2n) is 5.93. The van der Waals surface area contributed by atoms with Gasteiger partial charge in [0, 0.05) is 19.8 Å². The van der Waals surface area contributed by atoms with Gasteiger partial charge in [0.05, 0.1) is 11.9 Å². The molecule has 2 unspecified atom stereocenters. The van der Waals surface area contributed by atoms with Gasteiger partial charge in [-0.25, -0.2) is 4.79 Å². The summed E-state index contributed by atoms with van der Waals surface area (Å²) in [6, 6.07) is 8.42. The molecular formula is C17H20N4O3. The maximum atomic E-state index is 12.6. The molecule has 3 rings (SSSR count). The van der Waals surface area contributed by atoms with E-state index in [0.717, 1.165) is 5.56 Å². The van der Waals surface area contributed by atoms with Crippen molar-refractivity contribution < 1.29 is 14.7 Å². The van der Waals surface area contributed by atoms with Crippen molar-refractivity contribution in [3.05, 3.63) is 48.3 Å². The third-order valence-electron chi connectivity index (χ3n) is 4.27. The van der Waals surface area contributed by atoms with Crippen LogP contribution in [0, 0.1) is 0 Å². The zero-order valence-corrected chi connectivity index (χ0v) is 13.4. The molecule has 7 nitrogen and oxygen atoms in total. The molecule has 1 saturated heterocycles. The Balaban J connectivity index is 1.75. The number of benzene rings is 1. The van der Waals surface area contributed by atoms with E-state index in [1.807, 2.05) is 30.3 Å². The van der Waals surface area contributed by atoms with Gasteiger partial charge >= 0.3 is 5.97 Å². The molecule has 2 heterocycles. The number of carbonyl (C=O) groups is 2. The second-order valence-corrected chi connectivity index (χ2v) is 5.93. The largest absolute Gasteiger partial charge is 0.480 e. The third kappa shape index (κ3) is 3.24. The highest BCUT2D eigenvalue weighted by Crippen LogP contribution is 2.30. The monoisotopic (exact) mass is 328 g/mol. The Morgan fingerprint density at radius 1 is 1.25 bits per heavy atom. The minimum absolute atomic E-state index is 0.161. The maximum Gasteiger partial charge on any atom is 0.326 e. The lowest BCUT2D eigenvalue weighted by molar-refractivity contribution is -0.138. The Labute approximate surface area is 139 Å². The highest BCUT2D eigenvalue weighted by atomic mass is 16.4. The number of carbonyl (C=O) groups excluding carboxylic acids is 1. The minimum Gasteiger partial charge on any atom is -0.480 e. The molecule has 0 saturated carbocycles. The van der Waals surface area contributed by atoms with E-state index in [2.05, 4.69) is 10.4 Å². The van der Waals surface area contributed by atoms with Crippen molar-refractivity contribution in [1.29, 1.82) is 0 Å². The number of carboxylic acids is 1. The summed E-state index contributed by atoms with van der Waals surface area (Å²) in [6.07, 6.45) is 4.28. The molecule has 7 heteroatoms. The summed E-state index contributed by atoms with van der Waals surface area (Å²) in [5.41, 5.74) is 1.66. The van der Waals surface area contributed by atoms with Gasteiger partial charge in [0.15, 0.2) is 0 Å². The molecule has 1 aromatic carbocycles. The first-order valence-corrected chi connectivity index (χ1v) is 7.87. The van der Waals surface area contributed by atoms with E-state index in [9.17, 15) is 14.7 Å². The number of nitrogens with one attached hydrogen (secondary N) is 1. The number of hydrogen-bond donors (Lipinski definition) is 2. The van der Waals surface area contributed by atoms with Crippen LogP contribution in [-0.2, 0) is 23.2 Å². The second kappa shape index (κ2) is 6.74. The smallest absolute Gasteiger partial charge is 0.326 e. The lowest BCUT2D eigenvalue weighted by atomic mass is 10.1. The van der Waals surface area contributed by atoms with Crippen LogP contribution in [-0.4, -0.2) is 38.8 Å². The predicted molar refractivity (Wildman–Crippen MR) is 88.4 cm³/mol. The van der Waals surface area contributed by atoms with E-state index in [1.54, 1.807) is 29.0 Å². The molecule has 0 radical (unpaired) electrons. The van der Waals surface area contributed by atoms with E-state index >= 15 is 0 Å². The summed E-state index contributed by atoms with van der Waals surface area (Å²) >= 11 is 0. The number of rotatable bonds is 5. The molecule has 0 spiro atoms. The van der Waals surface area contributed by atoms with Crippen LogP contribution in [0.2, 0.25) is 0 Å². The summed E-state index contributed by atoms with van der Waals surface area (Å²) in [4.78, 5) is 25.8. The van der Waals surface area contributed by atoms with Gasteiger partial charge in [-0.1, -0.05) is 30.3 Å². The number of amides is 1. The van der Waals surface area contributed by atoms with Crippen LogP contribution in [0.3, 0.4) is 0 Å².